The highest BCUT2D eigenvalue weighted by molar-refractivity contribution is 5.76. The molecular formula is C14H27N3O. The molecule has 2 unspecified atom stereocenters. The van der Waals surface area contributed by atoms with Crippen LogP contribution in [-0.4, -0.2) is 42.5 Å². The van der Waals surface area contributed by atoms with Gasteiger partial charge in [0.15, 0.2) is 0 Å². The van der Waals surface area contributed by atoms with Crippen molar-refractivity contribution in [3.8, 4) is 0 Å². The van der Waals surface area contributed by atoms with Crippen LogP contribution in [0.1, 0.15) is 45.4 Å². The maximum atomic E-state index is 11.8. The first-order valence-corrected chi connectivity index (χ1v) is 7.43. The maximum absolute atomic E-state index is 11.8. The average molecular weight is 253 g/mol. The number of likely N-dealkylation sites (tertiary alicyclic amines) is 1. The minimum Gasteiger partial charge on any atom is -0.354 e. The van der Waals surface area contributed by atoms with Crippen molar-refractivity contribution in [2.75, 3.05) is 19.6 Å². The predicted molar refractivity (Wildman–Crippen MR) is 73.2 cm³/mol. The lowest BCUT2D eigenvalue weighted by Gasteiger charge is -2.32. The molecule has 0 spiro atoms. The summed E-state index contributed by atoms with van der Waals surface area (Å²) in [6.07, 6.45) is 6.86. The van der Waals surface area contributed by atoms with Crippen molar-refractivity contribution < 1.29 is 4.79 Å². The van der Waals surface area contributed by atoms with Crippen LogP contribution in [0.25, 0.3) is 0 Å². The third kappa shape index (κ3) is 4.25. The summed E-state index contributed by atoms with van der Waals surface area (Å²) in [7, 11) is 0. The van der Waals surface area contributed by atoms with E-state index in [4.69, 9.17) is 5.73 Å². The van der Waals surface area contributed by atoms with Crippen LogP contribution < -0.4 is 11.1 Å². The topological polar surface area (TPSA) is 58.4 Å². The second-order valence-corrected chi connectivity index (χ2v) is 5.96. The molecule has 18 heavy (non-hydrogen) atoms. The number of carbonyl (C=O) groups excluding carboxylic acids is 1. The number of amides is 1. The third-order valence-electron chi connectivity index (χ3n) is 4.26. The molecule has 104 valence electrons. The fraction of sp³-hybridized carbons (Fsp3) is 0.929. The standard InChI is InChI=1S/C14H27N3O/c1-11(17-7-3-2-4-8-17)10-16-14(18)9-13(15)12-5-6-12/h11-13H,2-10,15H2,1H3,(H,16,18). The smallest absolute Gasteiger partial charge is 0.221 e. The van der Waals surface area contributed by atoms with Crippen molar-refractivity contribution in [1.82, 2.24) is 10.2 Å². The van der Waals surface area contributed by atoms with Crippen molar-refractivity contribution in [2.24, 2.45) is 11.7 Å². The molecule has 2 fully saturated rings. The molecule has 1 aliphatic carbocycles. The van der Waals surface area contributed by atoms with Gasteiger partial charge in [0, 0.05) is 25.0 Å². The lowest BCUT2D eigenvalue weighted by molar-refractivity contribution is -0.121. The molecule has 2 atom stereocenters. The van der Waals surface area contributed by atoms with Gasteiger partial charge in [-0.25, -0.2) is 0 Å². The molecule has 1 saturated heterocycles. The lowest BCUT2D eigenvalue weighted by Crippen LogP contribution is -2.45. The van der Waals surface area contributed by atoms with Crippen molar-refractivity contribution in [1.29, 1.82) is 0 Å². The summed E-state index contributed by atoms with van der Waals surface area (Å²) in [5.41, 5.74) is 5.96. The van der Waals surface area contributed by atoms with E-state index in [0.717, 1.165) is 6.54 Å². The first-order chi connectivity index (χ1) is 8.66. The minimum atomic E-state index is 0.0790. The molecule has 1 heterocycles. The zero-order valence-electron chi connectivity index (χ0n) is 11.5. The van der Waals surface area contributed by atoms with Crippen LogP contribution >= 0.6 is 0 Å². The van der Waals surface area contributed by atoms with Gasteiger partial charge in [0.1, 0.15) is 0 Å². The van der Waals surface area contributed by atoms with Crippen LogP contribution in [0.4, 0.5) is 0 Å². The molecule has 4 nitrogen and oxygen atoms in total. The monoisotopic (exact) mass is 253 g/mol. The Hall–Kier alpha value is -0.610. The largest absolute Gasteiger partial charge is 0.354 e. The van der Waals surface area contributed by atoms with Crippen LogP contribution in [0, 0.1) is 5.92 Å². The van der Waals surface area contributed by atoms with Gasteiger partial charge >= 0.3 is 0 Å². The summed E-state index contributed by atoms with van der Waals surface area (Å²) in [5, 5.41) is 3.03. The molecule has 0 aromatic rings. The molecule has 3 N–H and O–H groups in total. The number of piperidine rings is 1. The number of carbonyl (C=O) groups is 1. The molecule has 0 bridgehead atoms. The van der Waals surface area contributed by atoms with Crippen molar-refractivity contribution in [3.05, 3.63) is 0 Å². The SMILES string of the molecule is CC(CNC(=O)CC(N)C1CC1)N1CCCCC1. The normalized spacial score (nSPS) is 24.6. The van der Waals surface area contributed by atoms with Gasteiger partial charge in [0.05, 0.1) is 0 Å². The van der Waals surface area contributed by atoms with Crippen molar-refractivity contribution in [3.63, 3.8) is 0 Å². The Morgan fingerprint density at radius 3 is 2.61 bits per heavy atom. The second-order valence-electron chi connectivity index (χ2n) is 5.96. The molecule has 2 rings (SSSR count). The van der Waals surface area contributed by atoms with E-state index in [1.54, 1.807) is 0 Å². The van der Waals surface area contributed by atoms with Gasteiger partial charge in [-0.05, 0) is 51.6 Å². The van der Waals surface area contributed by atoms with E-state index in [9.17, 15) is 4.79 Å². The number of nitrogens with zero attached hydrogens (tertiary/aromatic N) is 1. The molecule has 1 amide bonds. The first kappa shape index (κ1) is 13.8. The highest BCUT2D eigenvalue weighted by Gasteiger charge is 2.29. The summed E-state index contributed by atoms with van der Waals surface area (Å²) < 4.78 is 0. The fourth-order valence-electron chi connectivity index (χ4n) is 2.73. The molecular weight excluding hydrogens is 226 g/mol. The molecule has 2 aliphatic rings. The van der Waals surface area contributed by atoms with Crippen molar-refractivity contribution in [2.45, 2.75) is 57.5 Å². The zero-order valence-corrected chi connectivity index (χ0v) is 11.5. The van der Waals surface area contributed by atoms with E-state index in [0.29, 0.717) is 18.4 Å². The van der Waals surface area contributed by atoms with Crippen LogP contribution in [0.2, 0.25) is 0 Å². The maximum Gasteiger partial charge on any atom is 0.221 e. The molecule has 1 saturated carbocycles. The van der Waals surface area contributed by atoms with Gasteiger partial charge in [0.2, 0.25) is 5.91 Å². The Balaban J connectivity index is 1.61. The summed E-state index contributed by atoms with van der Waals surface area (Å²) in [6, 6.07) is 0.529. The first-order valence-electron chi connectivity index (χ1n) is 7.43. The Labute approximate surface area is 110 Å². The average Bonchev–Trinajstić information content (AvgIpc) is 3.21. The van der Waals surface area contributed by atoms with Gasteiger partial charge in [-0.2, -0.15) is 0 Å². The predicted octanol–water partition coefficient (Wildman–Crippen LogP) is 1.10. The Morgan fingerprint density at radius 1 is 1.33 bits per heavy atom. The van der Waals surface area contributed by atoms with Crippen LogP contribution in [0.15, 0.2) is 0 Å². The van der Waals surface area contributed by atoms with E-state index < -0.39 is 0 Å². The fourth-order valence-corrected chi connectivity index (χ4v) is 2.73. The quantitative estimate of drug-likeness (QED) is 0.745. The summed E-state index contributed by atoms with van der Waals surface area (Å²) in [5.74, 6) is 0.730. The van der Waals surface area contributed by atoms with Crippen LogP contribution in [0.5, 0.6) is 0 Å². The van der Waals surface area contributed by atoms with E-state index >= 15 is 0 Å². The highest BCUT2D eigenvalue weighted by atomic mass is 16.1. The lowest BCUT2D eigenvalue weighted by atomic mass is 10.1. The number of nitrogens with one attached hydrogen (secondary N) is 1. The van der Waals surface area contributed by atoms with Gasteiger partial charge in [0.25, 0.3) is 0 Å². The highest BCUT2D eigenvalue weighted by Crippen LogP contribution is 2.32. The summed E-state index contributed by atoms with van der Waals surface area (Å²) >= 11 is 0. The van der Waals surface area contributed by atoms with E-state index in [1.807, 2.05) is 0 Å². The Kier molecular flexibility index (Phi) is 5.01. The summed E-state index contributed by atoms with van der Waals surface area (Å²) in [6.45, 7) is 5.32. The van der Waals surface area contributed by atoms with Gasteiger partial charge < -0.3 is 11.1 Å². The van der Waals surface area contributed by atoms with Gasteiger partial charge in [-0.15, -0.1) is 0 Å². The van der Waals surface area contributed by atoms with Crippen LogP contribution in [-0.2, 0) is 4.79 Å². The Bertz CT molecular complexity index is 272. The molecule has 1 aliphatic heterocycles. The van der Waals surface area contributed by atoms with Gasteiger partial charge in [-0.3, -0.25) is 9.69 Å². The second kappa shape index (κ2) is 6.53. The number of nitrogens with two attached hydrogens (primary N) is 1. The number of hydrogen-bond donors (Lipinski definition) is 2. The van der Waals surface area contributed by atoms with Crippen molar-refractivity contribution >= 4 is 5.91 Å². The summed E-state index contributed by atoms with van der Waals surface area (Å²) in [4.78, 5) is 14.2. The molecule has 4 heteroatoms. The number of rotatable bonds is 6. The number of hydrogen-bond acceptors (Lipinski definition) is 3. The molecule has 0 radical (unpaired) electrons. The van der Waals surface area contributed by atoms with E-state index in [1.165, 1.54) is 45.2 Å². The van der Waals surface area contributed by atoms with E-state index in [-0.39, 0.29) is 11.9 Å². The molecule has 0 aromatic carbocycles. The Morgan fingerprint density at radius 2 is 2.00 bits per heavy atom. The van der Waals surface area contributed by atoms with Crippen LogP contribution in [0.3, 0.4) is 0 Å². The van der Waals surface area contributed by atoms with E-state index in [2.05, 4.69) is 17.1 Å². The zero-order chi connectivity index (χ0) is 13.0. The van der Waals surface area contributed by atoms with Gasteiger partial charge in [-0.1, -0.05) is 6.42 Å². The minimum absolute atomic E-state index is 0.0790. The molecule has 0 aromatic heterocycles. The third-order valence-corrected chi connectivity index (χ3v) is 4.26.